The van der Waals surface area contributed by atoms with Crippen LogP contribution in [-0.4, -0.2) is 20.4 Å². The lowest BCUT2D eigenvalue weighted by Crippen LogP contribution is -2.28. The van der Waals surface area contributed by atoms with Crippen molar-refractivity contribution in [3.8, 4) is 0 Å². The summed E-state index contributed by atoms with van der Waals surface area (Å²) < 4.78 is 22.5. The molecule has 1 fully saturated rings. The highest BCUT2D eigenvalue weighted by molar-refractivity contribution is 7.89. The molecule has 2 rings (SSSR count). The molecule has 1 aromatic carbocycles. The van der Waals surface area contributed by atoms with E-state index in [2.05, 4.69) is 5.32 Å². The van der Waals surface area contributed by atoms with Gasteiger partial charge in [-0.1, -0.05) is 25.4 Å². The predicted molar refractivity (Wildman–Crippen MR) is 72.5 cm³/mol. The van der Waals surface area contributed by atoms with Crippen LogP contribution in [-0.2, 0) is 10.0 Å². The molecule has 0 aliphatic heterocycles. The van der Waals surface area contributed by atoms with Gasteiger partial charge in [-0.2, -0.15) is 0 Å². The first kappa shape index (κ1) is 14.3. The van der Waals surface area contributed by atoms with Crippen molar-refractivity contribution in [3.05, 3.63) is 28.8 Å². The van der Waals surface area contributed by atoms with Crippen molar-refractivity contribution < 1.29 is 13.2 Å². The van der Waals surface area contributed by atoms with Crippen molar-refractivity contribution in [2.45, 2.75) is 31.2 Å². The second-order valence-corrected chi connectivity index (χ2v) is 7.37. The van der Waals surface area contributed by atoms with E-state index in [4.69, 9.17) is 16.7 Å². The number of rotatable bonds is 3. The average molecular weight is 303 g/mol. The second kappa shape index (κ2) is 4.47. The van der Waals surface area contributed by atoms with Gasteiger partial charge in [0.15, 0.2) is 0 Å². The zero-order chi connectivity index (χ0) is 14.4. The van der Waals surface area contributed by atoms with Crippen LogP contribution in [0.1, 0.15) is 30.6 Å². The van der Waals surface area contributed by atoms with E-state index in [1.165, 1.54) is 18.2 Å². The van der Waals surface area contributed by atoms with E-state index in [0.29, 0.717) is 0 Å². The maximum absolute atomic E-state index is 12.1. The van der Waals surface area contributed by atoms with Crippen molar-refractivity contribution >= 4 is 27.5 Å². The SMILES string of the molecule is CC1(C)CC1NC(=O)c1cc(S(N)(=O)=O)ccc1Cl. The van der Waals surface area contributed by atoms with Crippen molar-refractivity contribution in [1.82, 2.24) is 5.32 Å². The minimum Gasteiger partial charge on any atom is -0.349 e. The van der Waals surface area contributed by atoms with Gasteiger partial charge < -0.3 is 5.32 Å². The Kier molecular flexibility index (Phi) is 3.36. The van der Waals surface area contributed by atoms with Gasteiger partial charge in [0.25, 0.3) is 5.91 Å². The van der Waals surface area contributed by atoms with Gasteiger partial charge in [0.05, 0.1) is 15.5 Å². The molecule has 0 aromatic heterocycles. The van der Waals surface area contributed by atoms with Crippen molar-refractivity contribution in [2.75, 3.05) is 0 Å². The molecule has 1 amide bonds. The van der Waals surface area contributed by atoms with Crippen LogP contribution in [0.5, 0.6) is 0 Å². The molecule has 1 atom stereocenters. The largest absolute Gasteiger partial charge is 0.349 e. The zero-order valence-corrected chi connectivity index (χ0v) is 12.2. The molecule has 0 saturated heterocycles. The summed E-state index contributed by atoms with van der Waals surface area (Å²) in [4.78, 5) is 11.9. The number of nitrogens with one attached hydrogen (secondary N) is 1. The first-order valence-corrected chi connectivity index (χ1v) is 7.67. The quantitative estimate of drug-likeness (QED) is 0.887. The first-order chi connectivity index (χ1) is 8.61. The minimum absolute atomic E-state index is 0.0830. The van der Waals surface area contributed by atoms with Gasteiger partial charge in [-0.15, -0.1) is 0 Å². The van der Waals surface area contributed by atoms with E-state index in [-0.39, 0.29) is 32.8 Å². The summed E-state index contributed by atoms with van der Waals surface area (Å²) in [5.74, 6) is -0.383. The zero-order valence-electron chi connectivity index (χ0n) is 10.6. The lowest BCUT2D eigenvalue weighted by Gasteiger charge is -2.09. The van der Waals surface area contributed by atoms with Crippen LogP contribution in [0.25, 0.3) is 0 Å². The molecule has 0 bridgehead atoms. The van der Waals surface area contributed by atoms with E-state index in [9.17, 15) is 13.2 Å². The van der Waals surface area contributed by atoms with Crippen LogP contribution in [0.3, 0.4) is 0 Å². The number of sulfonamides is 1. The Hall–Kier alpha value is -1.11. The topological polar surface area (TPSA) is 89.3 Å². The molecule has 0 heterocycles. The van der Waals surface area contributed by atoms with E-state index >= 15 is 0 Å². The van der Waals surface area contributed by atoms with Gasteiger partial charge in [-0.05, 0) is 30.0 Å². The standard InChI is InChI=1S/C12H15ClN2O3S/c1-12(2)6-10(12)15-11(16)8-5-7(19(14,17)18)3-4-9(8)13/h3-5,10H,6H2,1-2H3,(H,15,16)(H2,14,17,18). The van der Waals surface area contributed by atoms with Gasteiger partial charge in [0.1, 0.15) is 0 Å². The fraction of sp³-hybridized carbons (Fsp3) is 0.417. The number of hydrogen-bond acceptors (Lipinski definition) is 3. The normalized spacial score (nSPS) is 20.9. The molecule has 1 saturated carbocycles. The minimum atomic E-state index is -3.85. The Morgan fingerprint density at radius 2 is 2.05 bits per heavy atom. The van der Waals surface area contributed by atoms with E-state index in [1.54, 1.807) is 0 Å². The van der Waals surface area contributed by atoms with Gasteiger partial charge in [0.2, 0.25) is 10.0 Å². The second-order valence-electron chi connectivity index (χ2n) is 5.41. The monoisotopic (exact) mass is 302 g/mol. The Morgan fingerprint density at radius 3 is 2.53 bits per heavy atom. The van der Waals surface area contributed by atoms with Gasteiger partial charge >= 0.3 is 0 Å². The fourth-order valence-corrected chi connectivity index (χ4v) is 2.55. The average Bonchev–Trinajstić information content (AvgIpc) is 2.84. The lowest BCUT2D eigenvalue weighted by atomic mass is 10.1. The first-order valence-electron chi connectivity index (χ1n) is 5.74. The van der Waals surface area contributed by atoms with Crippen molar-refractivity contribution in [3.63, 3.8) is 0 Å². The van der Waals surface area contributed by atoms with Crippen LogP contribution in [0, 0.1) is 5.41 Å². The number of carbonyl (C=O) groups excluding carboxylic acids is 1. The number of benzene rings is 1. The third-order valence-corrected chi connectivity index (χ3v) is 4.57. The Balaban J connectivity index is 2.26. The number of carbonyl (C=O) groups is 1. The summed E-state index contributed by atoms with van der Waals surface area (Å²) in [7, 11) is -3.85. The molecule has 0 spiro atoms. The molecule has 104 valence electrons. The molecule has 1 aliphatic rings. The molecule has 0 radical (unpaired) electrons. The Bertz CT molecular complexity index is 640. The highest BCUT2D eigenvalue weighted by atomic mass is 35.5. The van der Waals surface area contributed by atoms with Crippen LogP contribution < -0.4 is 10.5 Å². The molecule has 1 aromatic rings. The smallest absolute Gasteiger partial charge is 0.253 e. The Labute approximate surface area is 117 Å². The third kappa shape index (κ3) is 3.08. The Morgan fingerprint density at radius 1 is 1.47 bits per heavy atom. The molecule has 5 nitrogen and oxygen atoms in total. The lowest BCUT2D eigenvalue weighted by molar-refractivity contribution is 0.0946. The number of hydrogen-bond donors (Lipinski definition) is 2. The van der Waals surface area contributed by atoms with Crippen LogP contribution in [0.2, 0.25) is 5.02 Å². The van der Waals surface area contributed by atoms with Gasteiger partial charge in [0, 0.05) is 6.04 Å². The van der Waals surface area contributed by atoms with Crippen LogP contribution >= 0.6 is 11.6 Å². The third-order valence-electron chi connectivity index (χ3n) is 3.33. The summed E-state index contributed by atoms with van der Waals surface area (Å²) in [6.45, 7) is 4.08. The highest BCUT2D eigenvalue weighted by Gasteiger charge is 2.46. The van der Waals surface area contributed by atoms with Gasteiger partial charge in [-0.3, -0.25) is 4.79 Å². The number of halogens is 1. The summed E-state index contributed by atoms with van der Waals surface area (Å²) in [6.07, 6.45) is 0.894. The number of nitrogens with two attached hydrogens (primary N) is 1. The van der Waals surface area contributed by atoms with Gasteiger partial charge in [-0.25, -0.2) is 13.6 Å². The van der Waals surface area contributed by atoms with Crippen LogP contribution in [0.15, 0.2) is 23.1 Å². The maximum atomic E-state index is 12.1. The molecule has 3 N–H and O–H groups in total. The van der Waals surface area contributed by atoms with E-state index < -0.39 is 10.0 Å². The molecule has 1 aliphatic carbocycles. The van der Waals surface area contributed by atoms with Crippen LogP contribution in [0.4, 0.5) is 0 Å². The summed E-state index contributed by atoms with van der Waals surface area (Å²) in [6, 6.07) is 3.92. The number of primary sulfonamides is 1. The van der Waals surface area contributed by atoms with Crippen molar-refractivity contribution in [2.24, 2.45) is 10.6 Å². The van der Waals surface area contributed by atoms with E-state index in [0.717, 1.165) is 6.42 Å². The molecule has 1 unspecified atom stereocenters. The summed E-state index contributed by atoms with van der Waals surface area (Å²) >= 11 is 5.92. The fourth-order valence-electron chi connectivity index (χ4n) is 1.80. The highest BCUT2D eigenvalue weighted by Crippen LogP contribution is 2.44. The van der Waals surface area contributed by atoms with E-state index in [1.807, 2.05) is 13.8 Å². The van der Waals surface area contributed by atoms with Crippen molar-refractivity contribution in [1.29, 1.82) is 0 Å². The molecular weight excluding hydrogens is 288 g/mol. The molecule has 7 heteroatoms. The molecular formula is C12H15ClN2O3S. The maximum Gasteiger partial charge on any atom is 0.253 e. The summed E-state index contributed by atoms with van der Waals surface area (Å²) in [5.41, 5.74) is 0.204. The summed E-state index contributed by atoms with van der Waals surface area (Å²) in [5, 5.41) is 8.05. The molecule has 19 heavy (non-hydrogen) atoms. The number of amides is 1. The predicted octanol–water partition coefficient (Wildman–Crippen LogP) is 1.52.